The summed E-state index contributed by atoms with van der Waals surface area (Å²) in [6.07, 6.45) is 0. The average molecular weight is 136 g/mol. The first-order valence-corrected chi connectivity index (χ1v) is 1.45. The van der Waals surface area contributed by atoms with Gasteiger partial charge in [-0.25, -0.2) is 0 Å². The summed E-state index contributed by atoms with van der Waals surface area (Å²) in [6.45, 7) is 0. The van der Waals surface area contributed by atoms with Crippen molar-refractivity contribution >= 4 is 0 Å². The maximum Gasteiger partial charge on any atom is 0.0319 e. The van der Waals surface area contributed by atoms with Gasteiger partial charge in [-0.1, -0.05) is 0 Å². The molecule has 0 bridgehead atoms. The largest absolute Gasteiger partial charge is 0.400 e. The first-order valence-electron chi connectivity index (χ1n) is 1.45. The Bertz CT molecular complexity index is 10.8. The van der Waals surface area contributed by atoms with Gasteiger partial charge in [0.15, 0.2) is 0 Å². The molecule has 0 saturated carbocycles. The van der Waals surface area contributed by atoms with Crippen LogP contribution in [0.25, 0.3) is 0 Å². The molecule has 0 radical (unpaired) electrons. The molecule has 0 aliphatic rings. The summed E-state index contributed by atoms with van der Waals surface area (Å²) < 4.78 is 0. The zero-order chi connectivity index (χ0) is 4.71. The van der Waals surface area contributed by atoms with Crippen LogP contribution in [0.1, 0.15) is 0 Å². The number of aliphatic hydroxyl groups excluding tert-OH is 1. The Morgan fingerprint density at radius 3 is 1.17 bits per heavy atom. The van der Waals surface area contributed by atoms with E-state index in [0.717, 1.165) is 7.11 Å². The molecule has 0 spiro atoms. The van der Waals surface area contributed by atoms with Crippen molar-refractivity contribution in [3.63, 3.8) is 0 Å². The molecule has 6 heavy (non-hydrogen) atoms. The van der Waals surface area contributed by atoms with Crippen LogP contribution in [0.4, 0.5) is 0 Å². The molecule has 0 aromatic rings. The van der Waals surface area contributed by atoms with E-state index in [-0.39, 0.29) is 16.5 Å². The van der Waals surface area contributed by atoms with Crippen molar-refractivity contribution in [1.29, 1.82) is 0 Å². The maximum atomic E-state index is 7.00. The van der Waals surface area contributed by atoms with Crippen molar-refractivity contribution in [2.24, 2.45) is 0 Å². The quantitative estimate of drug-likeness (QED) is 0.437. The first-order chi connectivity index (χ1) is 2.41. The van der Waals surface area contributed by atoms with Crippen LogP contribution in [-0.2, 0) is 16.5 Å². The van der Waals surface area contributed by atoms with E-state index in [2.05, 4.69) is 5.32 Å². The number of nitrogens with one attached hydrogen (secondary N) is 1. The van der Waals surface area contributed by atoms with E-state index in [9.17, 15) is 0 Å². The van der Waals surface area contributed by atoms with Crippen molar-refractivity contribution in [3.05, 3.63) is 0 Å². The minimum absolute atomic E-state index is 0. The second kappa shape index (κ2) is 52.8. The van der Waals surface area contributed by atoms with E-state index >= 15 is 0 Å². The molecular formula is C3H11NNiO. The summed E-state index contributed by atoms with van der Waals surface area (Å²) in [5.74, 6) is 0. The van der Waals surface area contributed by atoms with Gasteiger partial charge in [-0.3, -0.25) is 0 Å². The molecule has 2 N–H and O–H groups in total. The van der Waals surface area contributed by atoms with E-state index in [0.29, 0.717) is 0 Å². The molecule has 0 atom stereocenters. The number of hydrogen-bond acceptors (Lipinski definition) is 2. The third-order valence-corrected chi connectivity index (χ3v) is 0. The summed E-state index contributed by atoms with van der Waals surface area (Å²) in [7, 11) is 4.75. The van der Waals surface area contributed by atoms with Crippen LogP contribution >= 0.6 is 0 Å². The molecule has 0 saturated heterocycles. The standard InChI is InChI=1S/C2H7N.CH4O.Ni/c1-3-2;1-2;/h3H,1-2H3;2H,1H3;. The molecule has 0 heterocycles. The van der Waals surface area contributed by atoms with Gasteiger partial charge in [0.2, 0.25) is 0 Å². The van der Waals surface area contributed by atoms with Gasteiger partial charge in [0.1, 0.15) is 0 Å². The molecule has 0 aliphatic carbocycles. The second-order valence-corrected chi connectivity index (χ2v) is 0.500. The Morgan fingerprint density at radius 2 is 1.17 bits per heavy atom. The topological polar surface area (TPSA) is 32.3 Å². The molecule has 0 aromatic carbocycles. The summed E-state index contributed by atoms with van der Waals surface area (Å²) in [5.41, 5.74) is 0. The molecule has 3 heteroatoms. The second-order valence-electron chi connectivity index (χ2n) is 0.500. The average Bonchev–Trinajstić information content (AvgIpc) is 1.46. The van der Waals surface area contributed by atoms with E-state index in [1.807, 2.05) is 14.1 Å². The van der Waals surface area contributed by atoms with Gasteiger partial charge in [-0.2, -0.15) is 0 Å². The van der Waals surface area contributed by atoms with Gasteiger partial charge in [-0.05, 0) is 14.1 Å². The van der Waals surface area contributed by atoms with Gasteiger partial charge >= 0.3 is 0 Å². The van der Waals surface area contributed by atoms with Crippen molar-refractivity contribution in [2.75, 3.05) is 21.2 Å². The molecule has 0 aliphatic heterocycles. The minimum Gasteiger partial charge on any atom is -0.400 e. The molecule has 0 unspecified atom stereocenters. The molecule has 0 rings (SSSR count). The molecule has 44 valence electrons. The Morgan fingerprint density at radius 1 is 1.17 bits per heavy atom. The molecule has 2 nitrogen and oxygen atoms in total. The summed E-state index contributed by atoms with van der Waals surface area (Å²) in [5, 5.41) is 9.75. The number of aliphatic hydroxyl groups is 1. The monoisotopic (exact) mass is 135 g/mol. The Kier molecular flexibility index (Phi) is 142. The van der Waals surface area contributed by atoms with Gasteiger partial charge in [-0.15, -0.1) is 0 Å². The third kappa shape index (κ3) is 301. The molecule has 0 amide bonds. The van der Waals surface area contributed by atoms with Crippen molar-refractivity contribution in [1.82, 2.24) is 5.32 Å². The van der Waals surface area contributed by atoms with Crippen LogP contribution in [-0.4, -0.2) is 26.3 Å². The van der Waals surface area contributed by atoms with Gasteiger partial charge in [0, 0.05) is 23.6 Å². The SMILES string of the molecule is CNC.CO.[Ni]. The van der Waals surface area contributed by atoms with Crippen LogP contribution in [0, 0.1) is 0 Å². The third-order valence-electron chi connectivity index (χ3n) is 0. The Hall–Kier alpha value is 0.414. The van der Waals surface area contributed by atoms with Crippen LogP contribution in [0.5, 0.6) is 0 Å². The molecular weight excluding hydrogens is 125 g/mol. The Balaban J connectivity index is -0.0000000275. The fourth-order valence-corrected chi connectivity index (χ4v) is 0. The zero-order valence-corrected chi connectivity index (χ0v) is 5.25. The summed E-state index contributed by atoms with van der Waals surface area (Å²) in [6, 6.07) is 0. The van der Waals surface area contributed by atoms with E-state index in [1.165, 1.54) is 0 Å². The molecule has 0 fully saturated rings. The van der Waals surface area contributed by atoms with E-state index in [1.54, 1.807) is 0 Å². The predicted octanol–water partition coefficient (Wildman–Crippen LogP) is -0.558. The predicted molar refractivity (Wildman–Crippen MR) is 23.1 cm³/mol. The summed E-state index contributed by atoms with van der Waals surface area (Å²) in [4.78, 5) is 0. The number of rotatable bonds is 0. The number of hydrogen-bond donors (Lipinski definition) is 2. The van der Waals surface area contributed by atoms with E-state index in [4.69, 9.17) is 5.11 Å². The van der Waals surface area contributed by atoms with Gasteiger partial charge < -0.3 is 10.4 Å². The maximum absolute atomic E-state index is 7.00. The normalized spacial score (nSPS) is 4.00. The van der Waals surface area contributed by atoms with Crippen LogP contribution < -0.4 is 5.32 Å². The fraction of sp³-hybridized carbons (Fsp3) is 1.00. The van der Waals surface area contributed by atoms with Crippen LogP contribution in [0.3, 0.4) is 0 Å². The van der Waals surface area contributed by atoms with Crippen LogP contribution in [0.15, 0.2) is 0 Å². The Labute approximate surface area is 48.9 Å². The van der Waals surface area contributed by atoms with Crippen molar-refractivity contribution < 1.29 is 21.6 Å². The first kappa shape index (κ1) is 16.1. The minimum atomic E-state index is 0. The smallest absolute Gasteiger partial charge is 0.0319 e. The van der Waals surface area contributed by atoms with Crippen LogP contribution in [0.2, 0.25) is 0 Å². The molecule has 0 aromatic heterocycles. The van der Waals surface area contributed by atoms with Crippen molar-refractivity contribution in [2.45, 2.75) is 0 Å². The summed E-state index contributed by atoms with van der Waals surface area (Å²) >= 11 is 0. The van der Waals surface area contributed by atoms with Gasteiger partial charge in [0.25, 0.3) is 0 Å². The zero-order valence-electron chi connectivity index (χ0n) is 4.26. The fourth-order valence-electron chi connectivity index (χ4n) is 0. The van der Waals surface area contributed by atoms with E-state index < -0.39 is 0 Å². The van der Waals surface area contributed by atoms with Crippen molar-refractivity contribution in [3.8, 4) is 0 Å². The van der Waals surface area contributed by atoms with Gasteiger partial charge in [0.05, 0.1) is 0 Å².